The molecule has 1 aliphatic rings. The Kier molecular flexibility index (Phi) is 4.33. The van der Waals surface area contributed by atoms with Gasteiger partial charge in [-0.3, -0.25) is 0 Å². The Hall–Kier alpha value is -1.39. The van der Waals surface area contributed by atoms with Gasteiger partial charge in [0.1, 0.15) is 5.69 Å². The molecule has 1 saturated heterocycles. The SMILES string of the molecule is Cl.c1ccc(-c2cn(C3CCNCC3)nn2)cc1. The molecule has 1 N–H and O–H groups in total. The lowest BCUT2D eigenvalue weighted by molar-refractivity contribution is 0.337. The molecule has 0 radical (unpaired) electrons. The van der Waals surface area contributed by atoms with Crippen molar-refractivity contribution in [2.45, 2.75) is 18.9 Å². The number of hydrogen-bond donors (Lipinski definition) is 1. The van der Waals surface area contributed by atoms with Gasteiger partial charge in [-0.2, -0.15) is 0 Å². The Morgan fingerprint density at radius 1 is 1.11 bits per heavy atom. The summed E-state index contributed by atoms with van der Waals surface area (Å²) in [6.07, 6.45) is 4.33. The highest BCUT2D eigenvalue weighted by molar-refractivity contribution is 5.85. The topological polar surface area (TPSA) is 42.7 Å². The molecule has 5 heteroatoms. The Balaban J connectivity index is 0.00000120. The summed E-state index contributed by atoms with van der Waals surface area (Å²) in [6.45, 7) is 2.15. The zero-order valence-electron chi connectivity index (χ0n) is 10.1. The summed E-state index contributed by atoms with van der Waals surface area (Å²) >= 11 is 0. The lowest BCUT2D eigenvalue weighted by Crippen LogP contribution is -2.29. The van der Waals surface area contributed by atoms with Gasteiger partial charge < -0.3 is 5.32 Å². The van der Waals surface area contributed by atoms with Crippen LogP contribution in [-0.2, 0) is 0 Å². The van der Waals surface area contributed by atoms with Crippen molar-refractivity contribution in [1.29, 1.82) is 0 Å². The summed E-state index contributed by atoms with van der Waals surface area (Å²) in [5, 5.41) is 11.9. The third-order valence-corrected chi connectivity index (χ3v) is 3.26. The van der Waals surface area contributed by atoms with Gasteiger partial charge in [0.2, 0.25) is 0 Å². The average Bonchev–Trinajstić information content (AvgIpc) is 2.90. The van der Waals surface area contributed by atoms with Crippen molar-refractivity contribution < 1.29 is 0 Å². The van der Waals surface area contributed by atoms with E-state index in [-0.39, 0.29) is 12.4 Å². The van der Waals surface area contributed by atoms with Gasteiger partial charge in [0.15, 0.2) is 0 Å². The summed E-state index contributed by atoms with van der Waals surface area (Å²) < 4.78 is 2.02. The van der Waals surface area contributed by atoms with E-state index in [2.05, 4.69) is 34.0 Å². The molecular formula is C13H17ClN4. The van der Waals surface area contributed by atoms with E-state index < -0.39 is 0 Å². The molecule has 0 aliphatic carbocycles. The third kappa shape index (κ3) is 2.71. The average molecular weight is 265 g/mol. The third-order valence-electron chi connectivity index (χ3n) is 3.26. The van der Waals surface area contributed by atoms with Crippen molar-refractivity contribution in [3.8, 4) is 11.3 Å². The summed E-state index contributed by atoms with van der Waals surface area (Å²) in [7, 11) is 0. The Morgan fingerprint density at radius 2 is 1.83 bits per heavy atom. The second-order valence-electron chi connectivity index (χ2n) is 4.43. The van der Waals surface area contributed by atoms with E-state index in [4.69, 9.17) is 0 Å². The molecule has 0 spiro atoms. The van der Waals surface area contributed by atoms with Crippen LogP contribution < -0.4 is 5.32 Å². The lowest BCUT2D eigenvalue weighted by Gasteiger charge is -2.22. The van der Waals surface area contributed by atoms with E-state index in [1.807, 2.05) is 22.9 Å². The molecule has 1 aliphatic heterocycles. The van der Waals surface area contributed by atoms with E-state index in [1.165, 1.54) is 0 Å². The van der Waals surface area contributed by atoms with Gasteiger partial charge in [-0.05, 0) is 25.9 Å². The molecule has 4 nitrogen and oxygen atoms in total. The van der Waals surface area contributed by atoms with Crippen LogP contribution in [0.2, 0.25) is 0 Å². The second-order valence-corrected chi connectivity index (χ2v) is 4.43. The molecule has 96 valence electrons. The van der Waals surface area contributed by atoms with Crippen LogP contribution in [0.15, 0.2) is 36.5 Å². The number of nitrogens with one attached hydrogen (secondary N) is 1. The van der Waals surface area contributed by atoms with E-state index in [0.29, 0.717) is 6.04 Å². The molecule has 0 bridgehead atoms. The van der Waals surface area contributed by atoms with Crippen LogP contribution in [0.5, 0.6) is 0 Å². The number of benzene rings is 1. The summed E-state index contributed by atoms with van der Waals surface area (Å²) in [5.41, 5.74) is 2.09. The fraction of sp³-hybridized carbons (Fsp3) is 0.385. The van der Waals surface area contributed by atoms with Crippen LogP contribution in [0.3, 0.4) is 0 Å². The maximum absolute atomic E-state index is 4.26. The first-order valence-corrected chi connectivity index (χ1v) is 6.11. The smallest absolute Gasteiger partial charge is 0.113 e. The first-order valence-electron chi connectivity index (χ1n) is 6.11. The predicted octanol–water partition coefficient (Wildman–Crippen LogP) is 2.29. The van der Waals surface area contributed by atoms with E-state index in [9.17, 15) is 0 Å². The predicted molar refractivity (Wildman–Crippen MR) is 73.8 cm³/mol. The maximum atomic E-state index is 4.26. The van der Waals surface area contributed by atoms with Crippen LogP contribution >= 0.6 is 12.4 Å². The highest BCUT2D eigenvalue weighted by Gasteiger charge is 2.16. The lowest BCUT2D eigenvalue weighted by atomic mass is 10.1. The molecule has 1 aromatic heterocycles. The van der Waals surface area contributed by atoms with Crippen LogP contribution in [0.25, 0.3) is 11.3 Å². The molecule has 0 atom stereocenters. The second kappa shape index (κ2) is 5.98. The highest BCUT2D eigenvalue weighted by Crippen LogP contribution is 2.21. The van der Waals surface area contributed by atoms with Crippen molar-refractivity contribution in [2.24, 2.45) is 0 Å². The monoisotopic (exact) mass is 264 g/mol. The molecule has 0 saturated carbocycles. The van der Waals surface area contributed by atoms with Gasteiger partial charge in [0, 0.05) is 5.56 Å². The van der Waals surface area contributed by atoms with Crippen LogP contribution in [0, 0.1) is 0 Å². The molecule has 18 heavy (non-hydrogen) atoms. The minimum absolute atomic E-state index is 0. The van der Waals surface area contributed by atoms with Gasteiger partial charge in [-0.25, -0.2) is 4.68 Å². The maximum Gasteiger partial charge on any atom is 0.113 e. The zero-order chi connectivity index (χ0) is 11.5. The van der Waals surface area contributed by atoms with Gasteiger partial charge >= 0.3 is 0 Å². The quantitative estimate of drug-likeness (QED) is 0.905. The molecular weight excluding hydrogens is 248 g/mol. The van der Waals surface area contributed by atoms with Crippen molar-refractivity contribution >= 4 is 12.4 Å². The van der Waals surface area contributed by atoms with E-state index >= 15 is 0 Å². The largest absolute Gasteiger partial charge is 0.317 e. The number of hydrogen-bond acceptors (Lipinski definition) is 3. The molecule has 1 fully saturated rings. The molecule has 0 unspecified atom stereocenters. The van der Waals surface area contributed by atoms with Crippen molar-refractivity contribution in [2.75, 3.05) is 13.1 Å². The van der Waals surface area contributed by atoms with Crippen molar-refractivity contribution in [1.82, 2.24) is 20.3 Å². The minimum atomic E-state index is 0. The van der Waals surface area contributed by atoms with Crippen molar-refractivity contribution in [3.05, 3.63) is 36.5 Å². The molecule has 1 aromatic carbocycles. The summed E-state index contributed by atoms with van der Waals surface area (Å²) in [5.74, 6) is 0. The number of aromatic nitrogens is 3. The number of nitrogens with zero attached hydrogens (tertiary/aromatic N) is 3. The fourth-order valence-electron chi connectivity index (χ4n) is 2.27. The van der Waals surface area contributed by atoms with Crippen LogP contribution in [0.4, 0.5) is 0 Å². The summed E-state index contributed by atoms with van der Waals surface area (Å²) in [6, 6.07) is 10.7. The zero-order valence-corrected chi connectivity index (χ0v) is 10.9. The summed E-state index contributed by atoms with van der Waals surface area (Å²) in [4.78, 5) is 0. The standard InChI is InChI=1S/C13H16N4.ClH/c1-2-4-11(5-3-1)13-10-17(16-15-13)12-6-8-14-9-7-12;/h1-5,10,12,14H,6-9H2;1H. The van der Waals surface area contributed by atoms with Gasteiger partial charge in [0.25, 0.3) is 0 Å². The minimum Gasteiger partial charge on any atom is -0.317 e. The Labute approximate surface area is 113 Å². The van der Waals surface area contributed by atoms with Gasteiger partial charge in [0.05, 0.1) is 12.2 Å². The molecule has 0 amide bonds. The highest BCUT2D eigenvalue weighted by atomic mass is 35.5. The Morgan fingerprint density at radius 3 is 2.56 bits per heavy atom. The van der Waals surface area contributed by atoms with Crippen LogP contribution in [0.1, 0.15) is 18.9 Å². The Bertz CT molecular complexity index is 477. The van der Waals surface area contributed by atoms with Gasteiger partial charge in [-0.15, -0.1) is 17.5 Å². The van der Waals surface area contributed by atoms with E-state index in [0.717, 1.165) is 37.2 Å². The first-order chi connectivity index (χ1) is 8.43. The van der Waals surface area contributed by atoms with Crippen molar-refractivity contribution in [3.63, 3.8) is 0 Å². The number of halogens is 1. The molecule has 2 aromatic rings. The fourth-order valence-corrected chi connectivity index (χ4v) is 2.27. The molecule has 2 heterocycles. The van der Waals surface area contributed by atoms with Gasteiger partial charge in [-0.1, -0.05) is 35.5 Å². The van der Waals surface area contributed by atoms with E-state index in [1.54, 1.807) is 0 Å². The first kappa shape index (κ1) is 13.1. The number of piperidine rings is 1. The number of rotatable bonds is 2. The normalized spacial score (nSPS) is 16.2. The van der Waals surface area contributed by atoms with Crippen LogP contribution in [-0.4, -0.2) is 28.1 Å². The molecule has 3 rings (SSSR count).